The van der Waals surface area contributed by atoms with Crippen LogP contribution in [0.5, 0.6) is 0 Å². The molecule has 2 saturated heterocycles. The normalized spacial score (nSPS) is 23.1. The van der Waals surface area contributed by atoms with Crippen molar-refractivity contribution in [2.75, 3.05) is 19.6 Å². The van der Waals surface area contributed by atoms with Gasteiger partial charge in [-0.2, -0.15) is 0 Å². The first-order chi connectivity index (χ1) is 10.3. The van der Waals surface area contributed by atoms with Gasteiger partial charge in [-0.15, -0.1) is 0 Å². The zero-order chi connectivity index (χ0) is 14.7. The van der Waals surface area contributed by atoms with E-state index in [1.54, 1.807) is 6.20 Å². The summed E-state index contributed by atoms with van der Waals surface area (Å²) in [5.74, 6) is 0.928. The molecular formula is C16H24N4O. The first-order valence-corrected chi connectivity index (χ1v) is 8.12. The lowest BCUT2D eigenvalue weighted by Gasteiger charge is -2.21. The van der Waals surface area contributed by atoms with Crippen molar-refractivity contribution in [3.05, 3.63) is 23.3 Å². The molecule has 1 unspecified atom stereocenters. The highest BCUT2D eigenvalue weighted by molar-refractivity contribution is 5.94. The van der Waals surface area contributed by atoms with E-state index in [0.717, 1.165) is 50.4 Å². The number of hydrogen-bond donors (Lipinski definition) is 1. The maximum absolute atomic E-state index is 12.6. The van der Waals surface area contributed by atoms with Gasteiger partial charge in [0.05, 0.1) is 17.3 Å². The maximum atomic E-state index is 12.6. The third-order valence-corrected chi connectivity index (χ3v) is 4.49. The van der Waals surface area contributed by atoms with Crippen LogP contribution in [-0.2, 0) is 0 Å². The van der Waals surface area contributed by atoms with Crippen molar-refractivity contribution < 1.29 is 4.79 Å². The molecule has 3 heterocycles. The van der Waals surface area contributed by atoms with Crippen LogP contribution >= 0.6 is 0 Å². The van der Waals surface area contributed by atoms with E-state index in [-0.39, 0.29) is 11.9 Å². The lowest BCUT2D eigenvalue weighted by Crippen LogP contribution is -2.32. The molecule has 0 radical (unpaired) electrons. The molecule has 114 valence electrons. The standard InChI is InChI=1S/C16H24N4O/c1-12-13(16(21)20-9-4-2-3-5-10-20)11-18-15(19-12)14-7-6-8-17-14/h11,14,17H,2-10H2,1H3. The zero-order valence-corrected chi connectivity index (χ0v) is 12.8. The summed E-state index contributed by atoms with van der Waals surface area (Å²) in [6.45, 7) is 4.68. The Morgan fingerprint density at radius 1 is 1.24 bits per heavy atom. The van der Waals surface area contributed by atoms with Gasteiger partial charge in [-0.1, -0.05) is 12.8 Å². The van der Waals surface area contributed by atoms with E-state index in [2.05, 4.69) is 15.3 Å². The van der Waals surface area contributed by atoms with E-state index >= 15 is 0 Å². The Morgan fingerprint density at radius 2 is 2.00 bits per heavy atom. The molecule has 21 heavy (non-hydrogen) atoms. The number of amides is 1. The Labute approximate surface area is 126 Å². The van der Waals surface area contributed by atoms with E-state index in [0.29, 0.717) is 5.56 Å². The number of carbonyl (C=O) groups is 1. The lowest BCUT2D eigenvalue weighted by atomic mass is 10.1. The van der Waals surface area contributed by atoms with E-state index in [4.69, 9.17) is 0 Å². The van der Waals surface area contributed by atoms with Gasteiger partial charge in [-0.05, 0) is 39.2 Å². The first kappa shape index (κ1) is 14.4. The third kappa shape index (κ3) is 3.23. The minimum atomic E-state index is 0.0975. The second-order valence-corrected chi connectivity index (χ2v) is 6.08. The molecule has 1 amide bonds. The molecule has 0 aromatic carbocycles. The van der Waals surface area contributed by atoms with Gasteiger partial charge < -0.3 is 10.2 Å². The first-order valence-electron chi connectivity index (χ1n) is 8.12. The van der Waals surface area contributed by atoms with Gasteiger partial charge in [0.2, 0.25) is 0 Å². The van der Waals surface area contributed by atoms with Crippen molar-refractivity contribution in [2.45, 2.75) is 51.5 Å². The highest BCUT2D eigenvalue weighted by Crippen LogP contribution is 2.21. The second-order valence-electron chi connectivity index (χ2n) is 6.08. The molecule has 0 saturated carbocycles. The van der Waals surface area contributed by atoms with Crippen LogP contribution < -0.4 is 5.32 Å². The molecule has 0 spiro atoms. The molecule has 3 rings (SSSR count). The van der Waals surface area contributed by atoms with Crippen LogP contribution in [0.3, 0.4) is 0 Å². The number of rotatable bonds is 2. The number of aryl methyl sites for hydroxylation is 1. The Morgan fingerprint density at radius 3 is 2.62 bits per heavy atom. The Bertz CT molecular complexity index is 503. The van der Waals surface area contributed by atoms with Crippen molar-refractivity contribution in [2.24, 2.45) is 0 Å². The number of hydrogen-bond acceptors (Lipinski definition) is 4. The minimum absolute atomic E-state index is 0.0975. The number of likely N-dealkylation sites (tertiary alicyclic amines) is 1. The van der Waals surface area contributed by atoms with Gasteiger partial charge in [-0.3, -0.25) is 4.79 Å². The van der Waals surface area contributed by atoms with E-state index in [9.17, 15) is 4.79 Å². The Balaban J connectivity index is 1.76. The monoisotopic (exact) mass is 288 g/mol. The van der Waals surface area contributed by atoms with Crippen LogP contribution in [0.2, 0.25) is 0 Å². The van der Waals surface area contributed by atoms with Crippen LogP contribution in [0.1, 0.15) is 66.4 Å². The molecule has 1 aromatic heterocycles. The largest absolute Gasteiger partial charge is 0.339 e. The lowest BCUT2D eigenvalue weighted by molar-refractivity contribution is 0.0760. The van der Waals surface area contributed by atoms with Gasteiger partial charge in [0.1, 0.15) is 5.82 Å². The summed E-state index contributed by atoms with van der Waals surface area (Å²) in [5.41, 5.74) is 1.47. The summed E-state index contributed by atoms with van der Waals surface area (Å²) in [6, 6.07) is 0.256. The smallest absolute Gasteiger partial charge is 0.257 e. The summed E-state index contributed by atoms with van der Waals surface area (Å²) in [5, 5.41) is 3.40. The molecule has 5 nitrogen and oxygen atoms in total. The number of aromatic nitrogens is 2. The molecule has 1 atom stereocenters. The van der Waals surface area contributed by atoms with E-state index in [1.807, 2.05) is 11.8 Å². The summed E-state index contributed by atoms with van der Waals surface area (Å²) < 4.78 is 0. The predicted octanol–water partition coefficient (Wildman–Crippen LogP) is 2.23. The molecule has 2 aliphatic heterocycles. The van der Waals surface area contributed by atoms with Gasteiger partial charge >= 0.3 is 0 Å². The van der Waals surface area contributed by atoms with E-state index < -0.39 is 0 Å². The predicted molar refractivity (Wildman–Crippen MR) is 81.1 cm³/mol. The summed E-state index contributed by atoms with van der Waals surface area (Å²) >= 11 is 0. The fraction of sp³-hybridized carbons (Fsp3) is 0.688. The van der Waals surface area contributed by atoms with Gasteiger partial charge in [0.15, 0.2) is 0 Å². The van der Waals surface area contributed by atoms with Crippen LogP contribution in [-0.4, -0.2) is 40.4 Å². The molecule has 2 aliphatic rings. The fourth-order valence-corrected chi connectivity index (χ4v) is 3.21. The Hall–Kier alpha value is -1.49. The Kier molecular flexibility index (Phi) is 4.48. The van der Waals surface area contributed by atoms with Crippen molar-refractivity contribution in [1.82, 2.24) is 20.2 Å². The quantitative estimate of drug-likeness (QED) is 0.906. The fourth-order valence-electron chi connectivity index (χ4n) is 3.21. The number of nitrogens with zero attached hydrogens (tertiary/aromatic N) is 3. The molecule has 1 aromatic rings. The topological polar surface area (TPSA) is 58.1 Å². The second kappa shape index (κ2) is 6.52. The van der Waals surface area contributed by atoms with E-state index in [1.165, 1.54) is 19.3 Å². The highest BCUT2D eigenvalue weighted by atomic mass is 16.2. The molecule has 5 heteroatoms. The average molecular weight is 288 g/mol. The van der Waals surface area contributed by atoms with Crippen LogP contribution in [0, 0.1) is 6.92 Å². The molecular weight excluding hydrogens is 264 g/mol. The zero-order valence-electron chi connectivity index (χ0n) is 12.8. The highest BCUT2D eigenvalue weighted by Gasteiger charge is 2.23. The van der Waals surface area contributed by atoms with Crippen LogP contribution in [0.4, 0.5) is 0 Å². The minimum Gasteiger partial charge on any atom is -0.339 e. The van der Waals surface area contributed by atoms with Crippen LogP contribution in [0.25, 0.3) is 0 Å². The van der Waals surface area contributed by atoms with Gasteiger partial charge in [0, 0.05) is 19.3 Å². The molecule has 2 fully saturated rings. The van der Waals surface area contributed by atoms with Gasteiger partial charge in [0.25, 0.3) is 5.91 Å². The maximum Gasteiger partial charge on any atom is 0.257 e. The third-order valence-electron chi connectivity index (χ3n) is 4.49. The summed E-state index contributed by atoms with van der Waals surface area (Å²) in [4.78, 5) is 23.6. The van der Waals surface area contributed by atoms with Crippen molar-refractivity contribution in [3.8, 4) is 0 Å². The molecule has 1 N–H and O–H groups in total. The van der Waals surface area contributed by atoms with Crippen molar-refractivity contribution in [3.63, 3.8) is 0 Å². The van der Waals surface area contributed by atoms with Crippen LogP contribution in [0.15, 0.2) is 6.20 Å². The van der Waals surface area contributed by atoms with Gasteiger partial charge in [-0.25, -0.2) is 9.97 Å². The van der Waals surface area contributed by atoms with Crippen molar-refractivity contribution in [1.29, 1.82) is 0 Å². The average Bonchev–Trinajstić information content (AvgIpc) is 2.89. The number of nitrogens with one attached hydrogen (secondary N) is 1. The van der Waals surface area contributed by atoms with Crippen molar-refractivity contribution >= 4 is 5.91 Å². The molecule has 0 bridgehead atoms. The summed E-state index contributed by atoms with van der Waals surface area (Å²) in [6.07, 6.45) is 8.65. The number of carbonyl (C=O) groups excluding carboxylic acids is 1. The molecule has 0 aliphatic carbocycles. The summed E-state index contributed by atoms with van der Waals surface area (Å²) in [7, 11) is 0. The SMILES string of the molecule is Cc1nc(C2CCCN2)ncc1C(=O)N1CCCCCC1.